The Bertz CT molecular complexity index is 727. The third-order valence-electron chi connectivity index (χ3n) is 4.46. The number of H-pyrrole nitrogens is 1. The van der Waals surface area contributed by atoms with E-state index in [-0.39, 0.29) is 6.42 Å². The fraction of sp³-hybridized carbons (Fsp3) is 0.611. The molecular formula is C18H31N7O6. The van der Waals surface area contributed by atoms with Gasteiger partial charge in [0.15, 0.2) is 0 Å². The summed E-state index contributed by atoms with van der Waals surface area (Å²) >= 11 is 0. The van der Waals surface area contributed by atoms with Crippen LogP contribution in [0.3, 0.4) is 0 Å². The summed E-state index contributed by atoms with van der Waals surface area (Å²) < 4.78 is 0. The number of carbonyl (C=O) groups is 4. The second kappa shape index (κ2) is 13.3. The summed E-state index contributed by atoms with van der Waals surface area (Å²) in [4.78, 5) is 54.9. The monoisotopic (exact) mass is 441 g/mol. The van der Waals surface area contributed by atoms with Crippen LogP contribution in [0.2, 0.25) is 0 Å². The lowest BCUT2D eigenvalue weighted by Crippen LogP contribution is -2.58. The normalized spacial score (nSPS) is 14.7. The van der Waals surface area contributed by atoms with Crippen molar-refractivity contribution in [3.8, 4) is 0 Å². The van der Waals surface area contributed by atoms with Gasteiger partial charge < -0.3 is 42.6 Å². The highest BCUT2D eigenvalue weighted by molar-refractivity contribution is 5.94. The van der Waals surface area contributed by atoms with E-state index in [4.69, 9.17) is 16.6 Å². The van der Waals surface area contributed by atoms with E-state index in [1.807, 2.05) is 0 Å². The molecular weight excluding hydrogens is 410 g/mol. The summed E-state index contributed by atoms with van der Waals surface area (Å²) in [5, 5.41) is 25.6. The molecule has 1 heterocycles. The second-order valence-electron chi connectivity index (χ2n) is 7.05. The smallest absolute Gasteiger partial charge is 0.325 e. The number of imidazole rings is 1. The van der Waals surface area contributed by atoms with E-state index in [2.05, 4.69) is 25.9 Å². The SMILES string of the molecule is CC(NC(=O)C(Cc1cnc[nH]1)NC(=O)C(CO)NC(=O)C(N)CCCCN)C(=O)O. The number of carbonyl (C=O) groups excluding carboxylic acids is 3. The van der Waals surface area contributed by atoms with Crippen molar-refractivity contribution in [1.29, 1.82) is 0 Å². The van der Waals surface area contributed by atoms with E-state index in [1.54, 1.807) is 0 Å². The van der Waals surface area contributed by atoms with Crippen molar-refractivity contribution >= 4 is 23.7 Å². The maximum Gasteiger partial charge on any atom is 0.325 e. The lowest BCUT2D eigenvalue weighted by atomic mass is 10.1. The van der Waals surface area contributed by atoms with Crippen molar-refractivity contribution in [1.82, 2.24) is 25.9 Å². The molecule has 0 saturated carbocycles. The van der Waals surface area contributed by atoms with Crippen LogP contribution in [0.25, 0.3) is 0 Å². The first-order chi connectivity index (χ1) is 14.7. The maximum atomic E-state index is 12.6. The minimum absolute atomic E-state index is 0.0192. The highest BCUT2D eigenvalue weighted by Crippen LogP contribution is 2.02. The lowest BCUT2D eigenvalue weighted by Gasteiger charge is -2.23. The Morgan fingerprint density at radius 1 is 1.10 bits per heavy atom. The topological polar surface area (TPSA) is 226 Å². The molecule has 13 nitrogen and oxygen atoms in total. The molecule has 0 aliphatic carbocycles. The first kappa shape index (κ1) is 26.0. The molecule has 0 aliphatic rings. The molecule has 0 bridgehead atoms. The van der Waals surface area contributed by atoms with Gasteiger partial charge in [-0.05, 0) is 26.3 Å². The summed E-state index contributed by atoms with van der Waals surface area (Å²) in [7, 11) is 0. The Morgan fingerprint density at radius 3 is 2.29 bits per heavy atom. The average Bonchev–Trinajstić information content (AvgIpc) is 3.24. The molecule has 31 heavy (non-hydrogen) atoms. The number of hydrogen-bond acceptors (Lipinski definition) is 8. The van der Waals surface area contributed by atoms with Crippen LogP contribution in [-0.2, 0) is 25.6 Å². The van der Waals surface area contributed by atoms with E-state index in [1.165, 1.54) is 19.4 Å². The molecule has 4 atom stereocenters. The second-order valence-corrected chi connectivity index (χ2v) is 7.05. The largest absolute Gasteiger partial charge is 0.480 e. The predicted molar refractivity (Wildman–Crippen MR) is 109 cm³/mol. The molecule has 0 aliphatic heterocycles. The van der Waals surface area contributed by atoms with E-state index < -0.39 is 54.5 Å². The van der Waals surface area contributed by atoms with Crippen molar-refractivity contribution in [3.05, 3.63) is 18.2 Å². The third-order valence-corrected chi connectivity index (χ3v) is 4.46. The van der Waals surface area contributed by atoms with Crippen LogP contribution in [0.5, 0.6) is 0 Å². The van der Waals surface area contributed by atoms with Crippen molar-refractivity contribution in [2.24, 2.45) is 11.5 Å². The van der Waals surface area contributed by atoms with Gasteiger partial charge in [-0.25, -0.2) is 4.98 Å². The molecule has 1 aromatic heterocycles. The lowest BCUT2D eigenvalue weighted by molar-refractivity contribution is -0.141. The minimum atomic E-state index is -1.35. The van der Waals surface area contributed by atoms with E-state index in [9.17, 15) is 24.3 Å². The number of aliphatic hydroxyl groups is 1. The molecule has 13 heteroatoms. The Balaban J connectivity index is 2.80. The van der Waals surface area contributed by atoms with Crippen molar-refractivity contribution in [2.45, 2.75) is 56.8 Å². The Hall–Kier alpha value is -3.03. The van der Waals surface area contributed by atoms with Crippen molar-refractivity contribution < 1.29 is 29.4 Å². The summed E-state index contributed by atoms with van der Waals surface area (Å²) in [6, 6.07) is -4.59. The number of unbranched alkanes of at least 4 members (excludes halogenated alkanes) is 1. The van der Waals surface area contributed by atoms with Gasteiger partial charge in [-0.3, -0.25) is 19.2 Å². The Kier molecular flexibility index (Phi) is 11.2. The summed E-state index contributed by atoms with van der Waals surface area (Å²) in [5.41, 5.74) is 11.7. The first-order valence-corrected chi connectivity index (χ1v) is 9.87. The van der Waals surface area contributed by atoms with Gasteiger partial charge in [-0.15, -0.1) is 0 Å². The fourth-order valence-corrected chi connectivity index (χ4v) is 2.59. The number of aliphatic hydroxyl groups excluding tert-OH is 1. The number of aliphatic carboxylic acids is 1. The zero-order valence-corrected chi connectivity index (χ0v) is 17.3. The maximum absolute atomic E-state index is 12.6. The van der Waals surface area contributed by atoms with Gasteiger partial charge in [0.2, 0.25) is 17.7 Å². The van der Waals surface area contributed by atoms with E-state index >= 15 is 0 Å². The van der Waals surface area contributed by atoms with Crippen molar-refractivity contribution in [2.75, 3.05) is 13.2 Å². The number of amides is 3. The van der Waals surface area contributed by atoms with Gasteiger partial charge in [0.25, 0.3) is 0 Å². The molecule has 0 radical (unpaired) electrons. The molecule has 4 unspecified atom stereocenters. The fourth-order valence-electron chi connectivity index (χ4n) is 2.59. The number of carboxylic acid groups (broad SMARTS) is 1. The zero-order chi connectivity index (χ0) is 23.4. The van der Waals surface area contributed by atoms with Crippen LogP contribution in [0.4, 0.5) is 0 Å². The number of rotatable bonds is 14. The van der Waals surface area contributed by atoms with Gasteiger partial charge in [0.1, 0.15) is 18.1 Å². The quantitative estimate of drug-likeness (QED) is 0.137. The number of aromatic nitrogens is 2. The minimum Gasteiger partial charge on any atom is -0.480 e. The molecule has 174 valence electrons. The highest BCUT2D eigenvalue weighted by Gasteiger charge is 2.29. The molecule has 0 aromatic carbocycles. The first-order valence-electron chi connectivity index (χ1n) is 9.87. The van der Waals surface area contributed by atoms with Crippen LogP contribution in [-0.4, -0.2) is 81.2 Å². The van der Waals surface area contributed by atoms with Gasteiger partial charge >= 0.3 is 5.97 Å². The molecule has 0 saturated heterocycles. The number of nitrogens with one attached hydrogen (secondary N) is 4. The van der Waals surface area contributed by atoms with Gasteiger partial charge in [-0.1, -0.05) is 6.42 Å². The third kappa shape index (κ3) is 9.11. The van der Waals surface area contributed by atoms with Crippen LogP contribution in [0, 0.1) is 0 Å². The number of carboxylic acids is 1. The molecule has 0 spiro atoms. The molecule has 1 rings (SSSR count). The summed E-state index contributed by atoms with van der Waals surface area (Å²) in [6.07, 6.45) is 4.50. The van der Waals surface area contributed by atoms with Gasteiger partial charge in [0, 0.05) is 18.3 Å². The number of hydrogen-bond donors (Lipinski definition) is 8. The standard InChI is InChI=1S/C18H31N7O6/c1-10(18(30)31)23-16(28)13(6-11-7-21-9-22-11)24-17(29)14(8-26)25-15(27)12(20)4-2-3-5-19/h7,9-10,12-14,26H,2-6,8,19-20H2,1H3,(H,21,22)(H,23,28)(H,24,29)(H,25,27)(H,30,31). The van der Waals surface area contributed by atoms with Crippen LogP contribution < -0.4 is 27.4 Å². The van der Waals surface area contributed by atoms with Crippen LogP contribution in [0.1, 0.15) is 31.9 Å². The number of nitrogens with two attached hydrogens (primary N) is 2. The van der Waals surface area contributed by atoms with Crippen LogP contribution >= 0.6 is 0 Å². The average molecular weight is 441 g/mol. The number of nitrogens with zero attached hydrogens (tertiary/aromatic N) is 1. The van der Waals surface area contributed by atoms with Gasteiger partial charge in [0.05, 0.1) is 19.0 Å². The molecule has 3 amide bonds. The highest BCUT2D eigenvalue weighted by atomic mass is 16.4. The van der Waals surface area contributed by atoms with Crippen LogP contribution in [0.15, 0.2) is 12.5 Å². The number of aromatic amines is 1. The zero-order valence-electron chi connectivity index (χ0n) is 17.3. The van der Waals surface area contributed by atoms with Gasteiger partial charge in [-0.2, -0.15) is 0 Å². The predicted octanol–water partition coefficient (Wildman–Crippen LogP) is -3.04. The Morgan fingerprint density at radius 2 is 1.74 bits per heavy atom. The van der Waals surface area contributed by atoms with E-state index in [0.29, 0.717) is 31.5 Å². The summed E-state index contributed by atoms with van der Waals surface area (Å²) in [6.45, 7) is 1.02. The molecule has 10 N–H and O–H groups in total. The van der Waals surface area contributed by atoms with Crippen molar-refractivity contribution in [3.63, 3.8) is 0 Å². The molecule has 1 aromatic rings. The summed E-state index contributed by atoms with van der Waals surface area (Å²) in [5.74, 6) is -3.45. The molecule has 0 fully saturated rings. The van der Waals surface area contributed by atoms with E-state index in [0.717, 1.165) is 0 Å². The Labute approximate surface area is 179 Å².